The zero-order valence-electron chi connectivity index (χ0n) is 9.37. The van der Waals surface area contributed by atoms with Gasteiger partial charge in [0.15, 0.2) is 0 Å². The maximum Gasteiger partial charge on any atom is 0.220 e. The van der Waals surface area contributed by atoms with Crippen LogP contribution in [0.4, 0.5) is 0 Å². The van der Waals surface area contributed by atoms with Crippen LogP contribution in [0.2, 0.25) is 0 Å². The van der Waals surface area contributed by atoms with Crippen LogP contribution in [0.1, 0.15) is 11.3 Å². The highest BCUT2D eigenvalue weighted by atomic mass is 79.9. The molecule has 1 aromatic rings. The van der Waals surface area contributed by atoms with Crippen molar-refractivity contribution in [3.05, 3.63) is 20.8 Å². The van der Waals surface area contributed by atoms with Crippen molar-refractivity contribution < 1.29 is 4.79 Å². The smallest absolute Gasteiger partial charge is 0.220 e. The molecule has 0 aliphatic carbocycles. The molecule has 0 aromatic carbocycles. The molecule has 0 atom stereocenters. The van der Waals surface area contributed by atoms with Gasteiger partial charge in [-0.3, -0.25) is 4.79 Å². The van der Waals surface area contributed by atoms with Gasteiger partial charge in [0.1, 0.15) is 0 Å². The average Bonchev–Trinajstić information content (AvgIpc) is 2.59. The van der Waals surface area contributed by atoms with Gasteiger partial charge in [0, 0.05) is 46.7 Å². The molecule has 0 bridgehead atoms. The van der Waals surface area contributed by atoms with E-state index in [4.69, 9.17) is 0 Å². The van der Waals surface area contributed by atoms with Crippen LogP contribution in [0.25, 0.3) is 0 Å². The Morgan fingerprint density at radius 1 is 1.59 bits per heavy atom. The molecule has 1 aliphatic heterocycles. The molecule has 1 saturated heterocycles. The second-order valence-corrected chi connectivity index (χ2v) is 5.97. The van der Waals surface area contributed by atoms with E-state index in [1.807, 2.05) is 5.38 Å². The van der Waals surface area contributed by atoms with Gasteiger partial charge < -0.3 is 10.6 Å². The minimum atomic E-state index is 0. The SMILES string of the molecule is Cl.O=C(CCc1cc(Br)cs1)NCC1CNC1. The number of halogens is 2. The third-order valence-corrected chi connectivity index (χ3v) is 4.43. The van der Waals surface area contributed by atoms with Crippen molar-refractivity contribution >= 4 is 45.6 Å². The Hall–Kier alpha value is -0.100. The Morgan fingerprint density at radius 2 is 2.35 bits per heavy atom. The van der Waals surface area contributed by atoms with E-state index < -0.39 is 0 Å². The van der Waals surface area contributed by atoms with Crippen molar-refractivity contribution in [2.75, 3.05) is 19.6 Å². The third-order valence-electron chi connectivity index (χ3n) is 2.67. The predicted molar refractivity (Wildman–Crippen MR) is 77.0 cm³/mol. The number of hydrogen-bond acceptors (Lipinski definition) is 3. The van der Waals surface area contributed by atoms with Crippen molar-refractivity contribution in [1.29, 1.82) is 0 Å². The Labute approximate surface area is 120 Å². The highest BCUT2D eigenvalue weighted by Gasteiger charge is 2.16. The monoisotopic (exact) mass is 338 g/mol. The summed E-state index contributed by atoms with van der Waals surface area (Å²) in [6.07, 6.45) is 1.43. The Bertz CT molecular complexity index is 368. The van der Waals surface area contributed by atoms with Crippen LogP contribution in [-0.4, -0.2) is 25.5 Å². The summed E-state index contributed by atoms with van der Waals surface area (Å²) in [4.78, 5) is 12.8. The van der Waals surface area contributed by atoms with Gasteiger partial charge in [-0.1, -0.05) is 0 Å². The summed E-state index contributed by atoms with van der Waals surface area (Å²) in [5, 5.41) is 8.22. The van der Waals surface area contributed by atoms with Crippen LogP contribution in [0, 0.1) is 5.92 Å². The number of aryl methyl sites for hydroxylation is 1. The van der Waals surface area contributed by atoms with Crippen LogP contribution in [0.15, 0.2) is 15.9 Å². The number of amides is 1. The lowest BCUT2D eigenvalue weighted by molar-refractivity contribution is -0.121. The summed E-state index contributed by atoms with van der Waals surface area (Å²) in [6, 6.07) is 2.08. The fraction of sp³-hybridized carbons (Fsp3) is 0.545. The summed E-state index contributed by atoms with van der Waals surface area (Å²) in [6.45, 7) is 2.90. The number of thiophene rings is 1. The van der Waals surface area contributed by atoms with Crippen LogP contribution in [0.5, 0.6) is 0 Å². The van der Waals surface area contributed by atoms with E-state index in [9.17, 15) is 4.79 Å². The second kappa shape index (κ2) is 7.36. The summed E-state index contributed by atoms with van der Waals surface area (Å²) < 4.78 is 1.11. The second-order valence-electron chi connectivity index (χ2n) is 4.06. The number of hydrogen-bond donors (Lipinski definition) is 2. The van der Waals surface area contributed by atoms with E-state index in [-0.39, 0.29) is 18.3 Å². The van der Waals surface area contributed by atoms with E-state index in [1.165, 1.54) is 4.88 Å². The Kier molecular flexibility index (Phi) is 6.48. The van der Waals surface area contributed by atoms with E-state index in [2.05, 4.69) is 32.6 Å². The lowest BCUT2D eigenvalue weighted by atomic mass is 10.0. The fourth-order valence-electron chi connectivity index (χ4n) is 1.56. The maximum absolute atomic E-state index is 11.5. The normalized spacial score (nSPS) is 14.9. The van der Waals surface area contributed by atoms with Gasteiger partial charge >= 0.3 is 0 Å². The van der Waals surface area contributed by atoms with Gasteiger partial charge in [0.05, 0.1) is 0 Å². The number of carbonyl (C=O) groups excluding carboxylic acids is 1. The highest BCUT2D eigenvalue weighted by Crippen LogP contribution is 2.20. The quantitative estimate of drug-likeness (QED) is 0.863. The molecule has 0 saturated carbocycles. The topological polar surface area (TPSA) is 41.1 Å². The number of rotatable bonds is 5. The molecule has 0 spiro atoms. The van der Waals surface area contributed by atoms with Crippen LogP contribution >= 0.6 is 39.7 Å². The first-order valence-corrected chi connectivity index (χ1v) is 7.11. The zero-order chi connectivity index (χ0) is 11.4. The molecule has 2 rings (SSSR count). The summed E-state index contributed by atoms with van der Waals surface area (Å²) in [5.74, 6) is 0.802. The lowest BCUT2D eigenvalue weighted by Crippen LogP contribution is -2.48. The minimum absolute atomic E-state index is 0. The molecule has 3 nitrogen and oxygen atoms in total. The molecule has 1 fully saturated rings. The molecule has 6 heteroatoms. The molecule has 96 valence electrons. The highest BCUT2D eigenvalue weighted by molar-refractivity contribution is 9.10. The van der Waals surface area contributed by atoms with Gasteiger partial charge in [-0.2, -0.15) is 0 Å². The summed E-state index contributed by atoms with van der Waals surface area (Å²) >= 11 is 5.10. The van der Waals surface area contributed by atoms with Gasteiger partial charge in [0.2, 0.25) is 5.91 Å². The fourth-order valence-corrected chi connectivity index (χ4v) is 3.02. The first-order valence-electron chi connectivity index (χ1n) is 5.44. The van der Waals surface area contributed by atoms with E-state index in [0.717, 1.165) is 30.5 Å². The van der Waals surface area contributed by atoms with Gasteiger partial charge in [-0.25, -0.2) is 0 Å². The standard InChI is InChI=1S/C11H15BrN2OS.ClH/c12-9-3-10(16-7-9)1-2-11(15)14-6-8-4-13-5-8;/h3,7-8,13H,1-2,4-6H2,(H,14,15);1H. The molecule has 2 heterocycles. The van der Waals surface area contributed by atoms with Gasteiger partial charge in [0.25, 0.3) is 0 Å². The zero-order valence-corrected chi connectivity index (χ0v) is 12.6. The van der Waals surface area contributed by atoms with Crippen molar-refractivity contribution in [1.82, 2.24) is 10.6 Å². The van der Waals surface area contributed by atoms with E-state index in [0.29, 0.717) is 12.3 Å². The summed E-state index contributed by atoms with van der Waals surface area (Å²) in [7, 11) is 0. The molecule has 1 aromatic heterocycles. The lowest BCUT2D eigenvalue weighted by Gasteiger charge is -2.27. The van der Waals surface area contributed by atoms with Gasteiger partial charge in [-0.15, -0.1) is 23.7 Å². The molecular weight excluding hydrogens is 324 g/mol. The first-order chi connectivity index (χ1) is 7.74. The molecule has 17 heavy (non-hydrogen) atoms. The number of carbonyl (C=O) groups is 1. The molecule has 1 amide bonds. The molecule has 2 N–H and O–H groups in total. The Balaban J connectivity index is 0.00000144. The van der Waals surface area contributed by atoms with Crippen LogP contribution in [-0.2, 0) is 11.2 Å². The van der Waals surface area contributed by atoms with E-state index >= 15 is 0 Å². The average molecular weight is 340 g/mol. The van der Waals surface area contributed by atoms with Gasteiger partial charge in [-0.05, 0) is 28.4 Å². The number of nitrogens with one attached hydrogen (secondary N) is 2. The first kappa shape index (κ1) is 15.0. The van der Waals surface area contributed by atoms with Crippen molar-refractivity contribution in [2.24, 2.45) is 5.92 Å². The minimum Gasteiger partial charge on any atom is -0.356 e. The van der Waals surface area contributed by atoms with Crippen molar-refractivity contribution in [3.8, 4) is 0 Å². The third kappa shape index (κ3) is 4.95. The largest absolute Gasteiger partial charge is 0.356 e. The molecule has 1 aliphatic rings. The van der Waals surface area contributed by atoms with Crippen molar-refractivity contribution in [2.45, 2.75) is 12.8 Å². The van der Waals surface area contributed by atoms with Crippen molar-refractivity contribution in [3.63, 3.8) is 0 Å². The Morgan fingerprint density at radius 3 is 2.88 bits per heavy atom. The molecular formula is C11H16BrClN2OS. The molecule has 0 radical (unpaired) electrons. The van der Waals surface area contributed by atoms with Crippen LogP contribution in [0.3, 0.4) is 0 Å². The maximum atomic E-state index is 11.5. The molecule has 0 unspecified atom stereocenters. The van der Waals surface area contributed by atoms with Crippen LogP contribution < -0.4 is 10.6 Å². The van der Waals surface area contributed by atoms with E-state index in [1.54, 1.807) is 11.3 Å². The predicted octanol–water partition coefficient (Wildman–Crippen LogP) is 2.20. The summed E-state index contributed by atoms with van der Waals surface area (Å²) in [5.41, 5.74) is 0.